The van der Waals surface area contributed by atoms with Gasteiger partial charge in [0.2, 0.25) is 0 Å². The Kier molecular flexibility index (Phi) is 5.25. The molecule has 0 N–H and O–H groups in total. The zero-order valence-corrected chi connectivity index (χ0v) is 15.8. The quantitative estimate of drug-likeness (QED) is 0.712. The van der Waals surface area contributed by atoms with Crippen molar-refractivity contribution in [1.29, 1.82) is 0 Å². The molecule has 0 aromatic carbocycles. The van der Waals surface area contributed by atoms with Gasteiger partial charge in [-0.25, -0.2) is 0 Å². The second-order valence-corrected chi connectivity index (χ2v) is 8.78. The van der Waals surface area contributed by atoms with E-state index in [2.05, 4.69) is 20.0 Å². The van der Waals surface area contributed by atoms with E-state index in [9.17, 15) is 8.42 Å². The van der Waals surface area contributed by atoms with Crippen LogP contribution in [0.15, 0.2) is 12.1 Å². The number of morpholine rings is 1. The molecule has 0 amide bonds. The highest BCUT2D eigenvalue weighted by atomic mass is 32.2. The van der Waals surface area contributed by atoms with Crippen molar-refractivity contribution in [3.8, 4) is 0 Å². The van der Waals surface area contributed by atoms with Gasteiger partial charge in [-0.15, -0.1) is 10.2 Å². The molecular formula is C16H26N6O3S. The smallest absolute Gasteiger partial charge is 0.282 e. The molecule has 3 aliphatic heterocycles. The van der Waals surface area contributed by atoms with Crippen LogP contribution >= 0.6 is 0 Å². The Balaban J connectivity index is 1.35. The molecule has 144 valence electrons. The summed E-state index contributed by atoms with van der Waals surface area (Å²) in [4.78, 5) is 4.27. The molecule has 1 aromatic heterocycles. The topological polar surface area (TPSA) is 82.1 Å². The summed E-state index contributed by atoms with van der Waals surface area (Å²) in [6.45, 7) is 6.67. The van der Waals surface area contributed by atoms with Gasteiger partial charge in [0.25, 0.3) is 10.2 Å². The first-order valence-corrected chi connectivity index (χ1v) is 10.7. The average Bonchev–Trinajstić information content (AvgIpc) is 3.25. The lowest BCUT2D eigenvalue weighted by molar-refractivity contribution is 0.122. The maximum atomic E-state index is 12.6. The molecule has 3 saturated heterocycles. The predicted molar refractivity (Wildman–Crippen MR) is 98.6 cm³/mol. The molecule has 0 atom stereocenters. The zero-order valence-electron chi connectivity index (χ0n) is 15.0. The Labute approximate surface area is 154 Å². The van der Waals surface area contributed by atoms with Gasteiger partial charge in [-0.3, -0.25) is 0 Å². The van der Waals surface area contributed by atoms with E-state index >= 15 is 0 Å². The van der Waals surface area contributed by atoms with Gasteiger partial charge in [0, 0.05) is 52.4 Å². The summed E-state index contributed by atoms with van der Waals surface area (Å²) in [7, 11) is -3.30. The Morgan fingerprint density at radius 2 is 1.23 bits per heavy atom. The second-order valence-electron chi connectivity index (χ2n) is 6.85. The summed E-state index contributed by atoms with van der Waals surface area (Å²) in [5, 5.41) is 8.70. The van der Waals surface area contributed by atoms with E-state index in [-0.39, 0.29) is 0 Å². The summed E-state index contributed by atoms with van der Waals surface area (Å²) in [5.74, 6) is 1.67. The van der Waals surface area contributed by atoms with E-state index in [1.54, 1.807) is 8.61 Å². The number of hydrogen-bond acceptors (Lipinski definition) is 7. The maximum absolute atomic E-state index is 12.6. The number of aromatic nitrogens is 2. The minimum atomic E-state index is -3.30. The van der Waals surface area contributed by atoms with Crippen LogP contribution in [0.1, 0.15) is 12.8 Å². The van der Waals surface area contributed by atoms with Gasteiger partial charge in [0.05, 0.1) is 13.2 Å². The van der Waals surface area contributed by atoms with Crippen molar-refractivity contribution in [2.24, 2.45) is 0 Å². The number of piperazine rings is 1. The molecule has 26 heavy (non-hydrogen) atoms. The average molecular weight is 382 g/mol. The highest BCUT2D eigenvalue weighted by Gasteiger charge is 2.34. The number of nitrogens with zero attached hydrogens (tertiary/aromatic N) is 6. The lowest BCUT2D eigenvalue weighted by atomic mass is 10.3. The summed E-state index contributed by atoms with van der Waals surface area (Å²) in [5.41, 5.74) is 0. The third-order valence-corrected chi connectivity index (χ3v) is 7.29. The minimum absolute atomic E-state index is 0.492. The van der Waals surface area contributed by atoms with Crippen molar-refractivity contribution in [3.05, 3.63) is 12.1 Å². The molecule has 3 fully saturated rings. The monoisotopic (exact) mass is 382 g/mol. The first-order valence-electron chi connectivity index (χ1n) is 9.31. The molecule has 0 radical (unpaired) electrons. The number of ether oxygens (including phenoxy) is 1. The van der Waals surface area contributed by atoms with E-state index in [0.29, 0.717) is 39.3 Å². The van der Waals surface area contributed by atoms with Crippen molar-refractivity contribution in [3.63, 3.8) is 0 Å². The van der Waals surface area contributed by atoms with Gasteiger partial charge in [-0.2, -0.15) is 17.0 Å². The Morgan fingerprint density at radius 1 is 0.731 bits per heavy atom. The van der Waals surface area contributed by atoms with Gasteiger partial charge in [-0.1, -0.05) is 0 Å². The molecule has 0 spiro atoms. The SMILES string of the molecule is O=S(=O)(N1CCCC1)N1CCN(c2ccc(N3CCOCC3)nn2)CC1. The van der Waals surface area contributed by atoms with E-state index in [1.165, 1.54) is 0 Å². The third kappa shape index (κ3) is 3.64. The fraction of sp³-hybridized carbons (Fsp3) is 0.750. The maximum Gasteiger partial charge on any atom is 0.282 e. The lowest BCUT2D eigenvalue weighted by Crippen LogP contribution is -2.52. The number of anilines is 2. The van der Waals surface area contributed by atoms with E-state index < -0.39 is 10.2 Å². The third-order valence-electron chi connectivity index (χ3n) is 5.25. The molecule has 4 rings (SSSR count). The van der Waals surface area contributed by atoms with Crippen LogP contribution in [-0.2, 0) is 14.9 Å². The highest BCUT2D eigenvalue weighted by Crippen LogP contribution is 2.21. The standard InChI is InChI=1S/C16H26N6O3S/c23-26(24,21-5-1-2-6-21)22-9-7-19(8-10-22)15-3-4-16(18-17-15)20-11-13-25-14-12-20/h3-4H,1-2,5-14H2. The molecule has 4 heterocycles. The fourth-order valence-corrected chi connectivity index (χ4v) is 5.35. The minimum Gasteiger partial charge on any atom is -0.378 e. The van der Waals surface area contributed by atoms with Crippen LogP contribution < -0.4 is 9.80 Å². The molecule has 10 heteroatoms. The van der Waals surface area contributed by atoms with Gasteiger partial charge < -0.3 is 14.5 Å². The highest BCUT2D eigenvalue weighted by molar-refractivity contribution is 7.86. The van der Waals surface area contributed by atoms with Crippen molar-refractivity contribution in [1.82, 2.24) is 18.8 Å². The fourth-order valence-electron chi connectivity index (χ4n) is 3.68. The van der Waals surface area contributed by atoms with E-state index in [0.717, 1.165) is 50.8 Å². The van der Waals surface area contributed by atoms with Crippen molar-refractivity contribution < 1.29 is 13.2 Å². The molecule has 0 bridgehead atoms. The van der Waals surface area contributed by atoms with Crippen LogP contribution in [0.5, 0.6) is 0 Å². The molecule has 0 unspecified atom stereocenters. The van der Waals surface area contributed by atoms with Crippen LogP contribution in [0.25, 0.3) is 0 Å². The Bertz CT molecular complexity index is 693. The van der Waals surface area contributed by atoms with E-state index in [1.807, 2.05) is 12.1 Å². The Morgan fingerprint density at radius 3 is 1.77 bits per heavy atom. The summed E-state index contributed by atoms with van der Waals surface area (Å²) in [6, 6.07) is 3.96. The van der Waals surface area contributed by atoms with Crippen LogP contribution in [0.2, 0.25) is 0 Å². The molecule has 9 nitrogen and oxygen atoms in total. The first-order chi connectivity index (χ1) is 12.6. The van der Waals surface area contributed by atoms with Crippen molar-refractivity contribution in [2.75, 3.05) is 75.4 Å². The summed E-state index contributed by atoms with van der Waals surface area (Å²) in [6.07, 6.45) is 1.93. The summed E-state index contributed by atoms with van der Waals surface area (Å²) < 4.78 is 33.9. The first kappa shape index (κ1) is 17.9. The van der Waals surface area contributed by atoms with Crippen molar-refractivity contribution >= 4 is 21.8 Å². The normalized spacial score (nSPS) is 23.5. The molecule has 0 aliphatic carbocycles. The Hall–Kier alpha value is -1.49. The largest absolute Gasteiger partial charge is 0.378 e. The van der Waals surface area contributed by atoms with Crippen LogP contribution in [0.3, 0.4) is 0 Å². The van der Waals surface area contributed by atoms with Crippen LogP contribution in [0, 0.1) is 0 Å². The second kappa shape index (κ2) is 7.63. The van der Waals surface area contributed by atoms with E-state index in [4.69, 9.17) is 4.74 Å². The zero-order chi connectivity index (χ0) is 18.0. The van der Waals surface area contributed by atoms with Gasteiger partial charge in [0.15, 0.2) is 11.6 Å². The molecule has 3 aliphatic rings. The summed E-state index contributed by atoms with van der Waals surface area (Å²) >= 11 is 0. The molecule has 1 aromatic rings. The molecule has 0 saturated carbocycles. The number of rotatable bonds is 4. The van der Waals surface area contributed by atoms with Crippen LogP contribution in [0.4, 0.5) is 11.6 Å². The van der Waals surface area contributed by atoms with Gasteiger partial charge >= 0.3 is 0 Å². The molecular weight excluding hydrogens is 356 g/mol. The van der Waals surface area contributed by atoms with Gasteiger partial charge in [-0.05, 0) is 25.0 Å². The predicted octanol–water partition coefficient (Wildman–Crippen LogP) is -0.224. The number of hydrogen-bond donors (Lipinski definition) is 0. The van der Waals surface area contributed by atoms with Crippen LogP contribution in [-0.4, -0.2) is 92.8 Å². The van der Waals surface area contributed by atoms with Gasteiger partial charge in [0.1, 0.15) is 0 Å². The lowest BCUT2D eigenvalue weighted by Gasteiger charge is -2.36. The van der Waals surface area contributed by atoms with Crippen molar-refractivity contribution in [2.45, 2.75) is 12.8 Å².